The minimum absolute atomic E-state index is 0.131. The van der Waals surface area contributed by atoms with Crippen LogP contribution in [0.25, 0.3) is 0 Å². The van der Waals surface area contributed by atoms with Crippen LogP contribution in [0.2, 0.25) is 0 Å². The van der Waals surface area contributed by atoms with E-state index in [2.05, 4.69) is 10.4 Å². The number of aromatic nitrogens is 2. The zero-order valence-electron chi connectivity index (χ0n) is 13.8. The van der Waals surface area contributed by atoms with E-state index in [1.54, 1.807) is 0 Å². The summed E-state index contributed by atoms with van der Waals surface area (Å²) < 4.78 is 25.4. The first-order valence-electron chi connectivity index (χ1n) is 7.39. The molecule has 2 aromatic rings. The molecule has 1 heterocycles. The Balaban J connectivity index is 2.01. The average molecular weight is 366 g/mol. The van der Waals surface area contributed by atoms with Gasteiger partial charge in [-0.05, 0) is 19.4 Å². The Hall–Kier alpha value is -2.75. The third-order valence-electron chi connectivity index (χ3n) is 3.53. The number of hydrogen-bond acceptors (Lipinski definition) is 6. The Labute approximate surface area is 144 Å². The quantitative estimate of drug-likeness (QED) is 0.578. The maximum atomic E-state index is 12.2. The maximum Gasteiger partial charge on any atom is 0.312 e. The van der Waals surface area contributed by atoms with Gasteiger partial charge in [0.15, 0.2) is 9.84 Å². The molecule has 0 aliphatic carbocycles. The topological polar surface area (TPSA) is 124 Å². The minimum atomic E-state index is -3.82. The van der Waals surface area contributed by atoms with Crippen molar-refractivity contribution in [3.8, 4) is 0 Å². The van der Waals surface area contributed by atoms with Crippen molar-refractivity contribution < 1.29 is 18.1 Å². The number of carbonyl (C=O) groups excluding carboxylic acids is 1. The number of hydrogen-bond donors (Lipinski definition) is 1. The Morgan fingerprint density at radius 2 is 1.92 bits per heavy atom. The lowest BCUT2D eigenvalue weighted by molar-refractivity contribution is -0.386. The molecule has 0 atom stereocenters. The molecule has 2 rings (SSSR count). The highest BCUT2D eigenvalue weighted by Crippen LogP contribution is 2.22. The van der Waals surface area contributed by atoms with E-state index < -0.39 is 32.3 Å². The monoisotopic (exact) mass is 366 g/mol. The zero-order chi connectivity index (χ0) is 18.6. The third-order valence-corrected chi connectivity index (χ3v) is 4.87. The van der Waals surface area contributed by atoms with Crippen molar-refractivity contribution in [2.45, 2.75) is 26.3 Å². The summed E-state index contributed by atoms with van der Waals surface area (Å²) in [6, 6.07) is 9.08. The van der Waals surface area contributed by atoms with E-state index in [1.165, 1.54) is 13.8 Å². The lowest BCUT2D eigenvalue weighted by Gasteiger charge is -2.07. The molecule has 1 N–H and O–H groups in total. The van der Waals surface area contributed by atoms with E-state index in [0.29, 0.717) is 0 Å². The molecule has 0 aliphatic rings. The third kappa shape index (κ3) is 4.86. The molecule has 1 amide bonds. The van der Waals surface area contributed by atoms with E-state index in [4.69, 9.17) is 0 Å². The second-order valence-corrected chi connectivity index (χ2v) is 7.59. The van der Waals surface area contributed by atoms with E-state index in [1.807, 2.05) is 30.3 Å². The fourth-order valence-electron chi connectivity index (χ4n) is 2.36. The zero-order valence-corrected chi connectivity index (χ0v) is 14.6. The summed E-state index contributed by atoms with van der Waals surface area (Å²) in [4.78, 5) is 22.2. The van der Waals surface area contributed by atoms with Crippen LogP contribution in [0.4, 0.5) is 5.69 Å². The first-order chi connectivity index (χ1) is 11.7. The Bertz CT molecular complexity index is 890. The Kier molecular flexibility index (Phi) is 5.52. The molecule has 0 spiro atoms. The number of carbonyl (C=O) groups is 1. The fraction of sp³-hybridized carbons (Fsp3) is 0.333. The molecule has 0 unspecified atom stereocenters. The summed E-state index contributed by atoms with van der Waals surface area (Å²) in [5.41, 5.74) is 0.896. The summed E-state index contributed by atoms with van der Waals surface area (Å²) in [5.74, 6) is -1.95. The predicted octanol–water partition coefficient (Wildman–Crippen LogP) is 1.10. The van der Waals surface area contributed by atoms with E-state index in [9.17, 15) is 23.3 Å². The van der Waals surface area contributed by atoms with Crippen LogP contribution in [-0.4, -0.2) is 34.8 Å². The number of nitrogens with zero attached hydrogens (tertiary/aromatic N) is 3. The van der Waals surface area contributed by atoms with Gasteiger partial charge >= 0.3 is 5.69 Å². The second kappa shape index (κ2) is 7.43. The van der Waals surface area contributed by atoms with Gasteiger partial charge in [-0.1, -0.05) is 30.3 Å². The highest BCUT2D eigenvalue weighted by Gasteiger charge is 2.25. The van der Waals surface area contributed by atoms with Crippen LogP contribution < -0.4 is 5.32 Å². The SMILES string of the molecule is Cc1nn(CS(=O)(=O)CC(=O)NCc2ccccc2)c(C)c1[N+](=O)[O-]. The number of nitrogens with one attached hydrogen (secondary N) is 1. The lowest BCUT2D eigenvalue weighted by atomic mass is 10.2. The van der Waals surface area contributed by atoms with Crippen LogP contribution in [0, 0.1) is 24.0 Å². The number of rotatable bonds is 7. The van der Waals surface area contributed by atoms with Crippen LogP contribution in [0.5, 0.6) is 0 Å². The molecular weight excluding hydrogens is 348 g/mol. The summed E-state index contributed by atoms with van der Waals surface area (Å²) in [6.45, 7) is 3.07. The van der Waals surface area contributed by atoms with Gasteiger partial charge in [0.05, 0.1) is 4.92 Å². The molecule has 0 radical (unpaired) electrons. The van der Waals surface area contributed by atoms with Gasteiger partial charge in [-0.15, -0.1) is 0 Å². The number of nitro groups is 1. The molecule has 134 valence electrons. The van der Waals surface area contributed by atoms with E-state index >= 15 is 0 Å². The van der Waals surface area contributed by atoms with Gasteiger partial charge in [0.25, 0.3) is 0 Å². The van der Waals surface area contributed by atoms with Gasteiger partial charge in [-0.2, -0.15) is 5.10 Å². The van der Waals surface area contributed by atoms with E-state index in [0.717, 1.165) is 10.2 Å². The highest BCUT2D eigenvalue weighted by molar-refractivity contribution is 7.91. The largest absolute Gasteiger partial charge is 0.351 e. The van der Waals surface area contributed by atoms with Crippen molar-refractivity contribution >= 4 is 21.4 Å². The summed E-state index contributed by atoms with van der Waals surface area (Å²) >= 11 is 0. The predicted molar refractivity (Wildman–Crippen MR) is 90.4 cm³/mol. The first kappa shape index (κ1) is 18.6. The van der Waals surface area contributed by atoms with Crippen LogP contribution in [0.1, 0.15) is 17.0 Å². The average Bonchev–Trinajstić information content (AvgIpc) is 2.79. The van der Waals surface area contributed by atoms with Gasteiger partial charge in [0.2, 0.25) is 5.91 Å². The summed E-state index contributed by atoms with van der Waals surface area (Å²) in [7, 11) is -3.82. The molecule has 9 nitrogen and oxygen atoms in total. The van der Waals surface area contributed by atoms with Crippen molar-refractivity contribution in [3.63, 3.8) is 0 Å². The van der Waals surface area contributed by atoms with Gasteiger partial charge < -0.3 is 5.32 Å². The molecule has 1 aromatic heterocycles. The molecule has 10 heteroatoms. The molecular formula is C15H18N4O5S. The molecule has 0 saturated heterocycles. The number of benzene rings is 1. The number of aryl methyl sites for hydroxylation is 1. The minimum Gasteiger partial charge on any atom is -0.351 e. The van der Waals surface area contributed by atoms with Crippen LogP contribution >= 0.6 is 0 Å². The maximum absolute atomic E-state index is 12.2. The van der Waals surface area contributed by atoms with Crippen molar-refractivity contribution in [3.05, 3.63) is 57.4 Å². The molecule has 0 bridgehead atoms. The van der Waals surface area contributed by atoms with Gasteiger partial charge in [0, 0.05) is 6.54 Å². The summed E-state index contributed by atoms with van der Waals surface area (Å²) in [6.07, 6.45) is 0. The van der Waals surface area contributed by atoms with Crippen molar-refractivity contribution in [2.24, 2.45) is 0 Å². The van der Waals surface area contributed by atoms with Gasteiger partial charge in [-0.3, -0.25) is 14.9 Å². The Morgan fingerprint density at radius 1 is 1.28 bits per heavy atom. The van der Waals surface area contributed by atoms with Crippen LogP contribution in [-0.2, 0) is 27.1 Å². The Morgan fingerprint density at radius 3 is 2.48 bits per heavy atom. The van der Waals surface area contributed by atoms with Gasteiger partial charge in [-0.25, -0.2) is 13.1 Å². The number of sulfone groups is 1. The lowest BCUT2D eigenvalue weighted by Crippen LogP contribution is -2.31. The van der Waals surface area contributed by atoms with E-state index in [-0.39, 0.29) is 23.6 Å². The summed E-state index contributed by atoms with van der Waals surface area (Å²) in [5, 5.41) is 17.4. The van der Waals surface area contributed by atoms with Gasteiger partial charge in [0.1, 0.15) is 23.0 Å². The normalized spacial score (nSPS) is 11.3. The first-order valence-corrected chi connectivity index (χ1v) is 9.21. The fourth-order valence-corrected chi connectivity index (χ4v) is 3.57. The molecule has 0 saturated carbocycles. The molecule has 25 heavy (non-hydrogen) atoms. The second-order valence-electron chi connectivity index (χ2n) is 5.56. The van der Waals surface area contributed by atoms with Crippen LogP contribution in [0.15, 0.2) is 30.3 Å². The standard InChI is InChI=1S/C15H18N4O5S/c1-11-15(19(21)22)12(2)18(17-11)10-25(23,24)9-14(20)16-8-13-6-4-3-5-7-13/h3-7H,8-10H2,1-2H3,(H,16,20). The molecule has 0 aliphatic heterocycles. The van der Waals surface area contributed by atoms with Crippen LogP contribution in [0.3, 0.4) is 0 Å². The highest BCUT2D eigenvalue weighted by atomic mass is 32.2. The number of amides is 1. The molecule has 1 aromatic carbocycles. The van der Waals surface area contributed by atoms with Crippen molar-refractivity contribution in [2.75, 3.05) is 5.75 Å². The smallest absolute Gasteiger partial charge is 0.312 e. The van der Waals surface area contributed by atoms with Crippen molar-refractivity contribution in [1.29, 1.82) is 0 Å². The molecule has 0 fully saturated rings. The van der Waals surface area contributed by atoms with Crippen molar-refractivity contribution in [1.82, 2.24) is 15.1 Å².